The lowest BCUT2D eigenvalue weighted by atomic mass is 9.96. The van der Waals surface area contributed by atoms with Crippen molar-refractivity contribution < 1.29 is 36.2 Å². The third kappa shape index (κ3) is 4.81. The summed E-state index contributed by atoms with van der Waals surface area (Å²) in [5.74, 6) is -2.22. The van der Waals surface area contributed by atoms with Gasteiger partial charge in [-0.25, -0.2) is 13.8 Å². The number of carbonyl (C=O) groups is 1. The van der Waals surface area contributed by atoms with Gasteiger partial charge in [-0.3, -0.25) is 9.69 Å². The van der Waals surface area contributed by atoms with E-state index in [1.54, 1.807) is 11.9 Å². The molecule has 256 valence electrons. The highest BCUT2D eigenvalue weighted by molar-refractivity contribution is 5.97. The van der Waals surface area contributed by atoms with Gasteiger partial charge in [-0.15, -0.1) is 0 Å². The lowest BCUT2D eigenvalue weighted by Crippen LogP contribution is -2.62. The van der Waals surface area contributed by atoms with Crippen molar-refractivity contribution in [3.8, 4) is 23.1 Å². The number of alkyl halides is 3. The summed E-state index contributed by atoms with van der Waals surface area (Å²) in [7, 11) is 1.78. The Hall–Kier alpha value is -4.05. The summed E-state index contributed by atoms with van der Waals surface area (Å²) in [5.41, 5.74) is 1.24. The number of aromatic nitrogens is 3. The van der Waals surface area contributed by atoms with E-state index in [0.29, 0.717) is 18.9 Å². The quantitative estimate of drug-likeness (QED) is 0.314. The van der Waals surface area contributed by atoms with Crippen molar-refractivity contribution in [1.82, 2.24) is 30.1 Å². The van der Waals surface area contributed by atoms with Crippen LogP contribution < -0.4 is 25.4 Å². The number of piperazine rings is 2. The van der Waals surface area contributed by atoms with Gasteiger partial charge in [0.1, 0.15) is 40.9 Å². The Labute approximate surface area is 272 Å². The molecular formula is C32H35F5N8O3. The van der Waals surface area contributed by atoms with E-state index in [0.717, 1.165) is 38.7 Å². The van der Waals surface area contributed by atoms with Gasteiger partial charge in [0.25, 0.3) is 0 Å². The van der Waals surface area contributed by atoms with E-state index in [4.69, 9.17) is 20.2 Å². The molecule has 16 heteroatoms. The number of halogens is 5. The zero-order chi connectivity index (χ0) is 33.8. The van der Waals surface area contributed by atoms with Crippen LogP contribution in [0.2, 0.25) is 0 Å². The molecule has 3 N–H and O–H groups in total. The Morgan fingerprint density at radius 1 is 1.10 bits per heavy atom. The summed E-state index contributed by atoms with van der Waals surface area (Å²) in [6.07, 6.45) is -2.13. The van der Waals surface area contributed by atoms with Crippen molar-refractivity contribution in [2.75, 3.05) is 43.9 Å². The van der Waals surface area contributed by atoms with Crippen molar-refractivity contribution in [2.45, 2.75) is 82.0 Å². The Balaban J connectivity index is 1.28. The fraction of sp³-hybridized carbons (Fsp3) is 0.562. The fourth-order valence-electron chi connectivity index (χ4n) is 8.42. The average molecular weight is 675 g/mol. The predicted molar refractivity (Wildman–Crippen MR) is 165 cm³/mol. The van der Waals surface area contributed by atoms with Gasteiger partial charge in [0.15, 0.2) is 5.82 Å². The second-order valence-electron chi connectivity index (χ2n) is 13.6. The van der Waals surface area contributed by atoms with Crippen LogP contribution in [-0.4, -0.2) is 100 Å². The maximum absolute atomic E-state index is 16.8. The topological polar surface area (TPSA) is 122 Å². The number of fused-ring (bicyclic) bond motifs is 6. The van der Waals surface area contributed by atoms with E-state index in [9.17, 15) is 22.4 Å². The van der Waals surface area contributed by atoms with Crippen LogP contribution in [0.15, 0.2) is 6.07 Å². The molecule has 0 spiro atoms. The standard InChI is InChI=1S/C32H35F5N8O3/c1-13-23(32(35,36)37)18(8-19(38)24(13)33)26-25(34)27-22-29(45-9-15-4-7-20(39-15)28(45)14(2)48-30(22)40-26)42-31(41-27)47-12-17-6-5-16-10-43(3)21(46)11-44(16)17/h8,14-17,20,28,39H,4-7,9-12,38H2,1-3H3/t14-,15+,16+,17+,20-,28+/m0/s1. The van der Waals surface area contributed by atoms with Crippen LogP contribution in [0, 0.1) is 18.6 Å². The first-order valence-corrected chi connectivity index (χ1v) is 16.2. The number of ether oxygens (including phenoxy) is 2. The Morgan fingerprint density at radius 3 is 2.67 bits per heavy atom. The van der Waals surface area contributed by atoms with Crippen molar-refractivity contribution in [3.63, 3.8) is 0 Å². The number of hydrogen-bond donors (Lipinski definition) is 2. The summed E-state index contributed by atoms with van der Waals surface area (Å²) >= 11 is 0. The lowest BCUT2D eigenvalue weighted by Gasteiger charge is -2.42. The molecule has 0 unspecified atom stereocenters. The minimum absolute atomic E-state index is 0.0128. The number of carbonyl (C=O) groups excluding carboxylic acids is 1. The van der Waals surface area contributed by atoms with Crippen LogP contribution in [0.4, 0.5) is 33.5 Å². The third-order valence-electron chi connectivity index (χ3n) is 10.7. The Kier molecular flexibility index (Phi) is 7.15. The minimum Gasteiger partial charge on any atom is -0.472 e. The summed E-state index contributed by atoms with van der Waals surface area (Å²) in [6.45, 7) is 4.31. The van der Waals surface area contributed by atoms with Gasteiger partial charge in [0, 0.05) is 49.9 Å². The number of nitrogen functional groups attached to an aromatic ring is 1. The lowest BCUT2D eigenvalue weighted by molar-refractivity contribution is -0.138. The van der Waals surface area contributed by atoms with Crippen LogP contribution in [0.5, 0.6) is 11.9 Å². The molecule has 2 aromatic heterocycles. The summed E-state index contributed by atoms with van der Waals surface area (Å²) in [6, 6.07) is 0.594. The molecule has 48 heavy (non-hydrogen) atoms. The number of hydrogen-bond acceptors (Lipinski definition) is 10. The minimum atomic E-state index is -5.06. The number of pyridine rings is 1. The highest BCUT2D eigenvalue weighted by atomic mass is 19.4. The first kappa shape index (κ1) is 31.2. The maximum Gasteiger partial charge on any atom is 0.417 e. The zero-order valence-corrected chi connectivity index (χ0v) is 26.6. The normalized spacial score (nSPS) is 28.4. The molecule has 7 heterocycles. The van der Waals surface area contributed by atoms with Gasteiger partial charge < -0.3 is 30.3 Å². The number of anilines is 2. The second kappa shape index (κ2) is 11.0. The molecule has 6 atom stereocenters. The molecular weight excluding hydrogens is 639 g/mol. The fourth-order valence-corrected chi connectivity index (χ4v) is 8.42. The second-order valence-corrected chi connectivity index (χ2v) is 13.6. The molecule has 2 bridgehead atoms. The van der Waals surface area contributed by atoms with Crippen LogP contribution in [0.25, 0.3) is 22.2 Å². The van der Waals surface area contributed by atoms with Crippen LogP contribution in [0.3, 0.4) is 0 Å². The van der Waals surface area contributed by atoms with Crippen molar-refractivity contribution in [2.24, 2.45) is 0 Å². The maximum atomic E-state index is 16.8. The number of benzene rings is 1. The van der Waals surface area contributed by atoms with Gasteiger partial charge >= 0.3 is 12.2 Å². The van der Waals surface area contributed by atoms with Crippen molar-refractivity contribution in [3.05, 3.63) is 28.8 Å². The summed E-state index contributed by atoms with van der Waals surface area (Å²) in [5, 5.41) is 3.72. The van der Waals surface area contributed by atoms with Gasteiger partial charge in [-0.2, -0.15) is 23.1 Å². The first-order chi connectivity index (χ1) is 22.8. The van der Waals surface area contributed by atoms with Crippen molar-refractivity contribution >= 4 is 28.3 Å². The molecule has 0 saturated carbocycles. The largest absolute Gasteiger partial charge is 0.472 e. The molecule has 8 rings (SSSR count). The van der Waals surface area contributed by atoms with Gasteiger partial charge in [0.05, 0.1) is 23.8 Å². The molecule has 0 radical (unpaired) electrons. The van der Waals surface area contributed by atoms with Crippen LogP contribution in [0.1, 0.15) is 43.7 Å². The molecule has 11 nitrogen and oxygen atoms in total. The Morgan fingerprint density at radius 2 is 1.90 bits per heavy atom. The zero-order valence-electron chi connectivity index (χ0n) is 26.6. The SMILES string of the molecule is Cc1c(F)c(N)cc(-c2nc3c4c(nc(OC[C@H]5CC[C@@H]6CN(C)C(=O)CN56)nc4c2F)N2C[C@H]4CC[C@H](N4)[C@H]2[C@H](C)O3)c1C(F)(F)F. The van der Waals surface area contributed by atoms with Gasteiger partial charge in [-0.05, 0) is 51.2 Å². The molecule has 1 aromatic carbocycles. The first-order valence-electron chi connectivity index (χ1n) is 16.2. The molecule has 4 saturated heterocycles. The molecule has 3 aromatic rings. The Bertz CT molecular complexity index is 1840. The highest BCUT2D eigenvalue weighted by Gasteiger charge is 2.48. The molecule has 5 aliphatic heterocycles. The van der Waals surface area contributed by atoms with Gasteiger partial charge in [0.2, 0.25) is 11.8 Å². The van der Waals surface area contributed by atoms with E-state index in [-0.39, 0.29) is 72.1 Å². The van der Waals surface area contributed by atoms with Gasteiger partial charge in [-0.1, -0.05) is 0 Å². The molecule has 5 aliphatic rings. The van der Waals surface area contributed by atoms with E-state index in [1.807, 2.05) is 11.8 Å². The summed E-state index contributed by atoms with van der Waals surface area (Å²) in [4.78, 5) is 31.9. The predicted octanol–water partition coefficient (Wildman–Crippen LogP) is 3.65. The smallest absolute Gasteiger partial charge is 0.417 e. The number of nitrogens with one attached hydrogen (secondary N) is 1. The van der Waals surface area contributed by atoms with Crippen LogP contribution >= 0.6 is 0 Å². The molecule has 0 aliphatic carbocycles. The number of amides is 1. The monoisotopic (exact) mass is 674 g/mol. The highest BCUT2D eigenvalue weighted by Crippen LogP contribution is 2.47. The number of nitrogens with two attached hydrogens (primary N) is 1. The average Bonchev–Trinajstić information content (AvgIpc) is 3.57. The number of rotatable bonds is 4. The van der Waals surface area contributed by atoms with E-state index in [2.05, 4.69) is 20.2 Å². The van der Waals surface area contributed by atoms with Crippen LogP contribution in [-0.2, 0) is 11.0 Å². The van der Waals surface area contributed by atoms with E-state index in [1.165, 1.54) is 0 Å². The molecule has 4 fully saturated rings. The van der Waals surface area contributed by atoms with E-state index >= 15 is 4.39 Å². The summed E-state index contributed by atoms with van der Waals surface area (Å²) < 4.78 is 87.3. The van der Waals surface area contributed by atoms with E-state index < -0.39 is 52.0 Å². The number of nitrogens with zero attached hydrogens (tertiary/aromatic N) is 6. The molecule has 1 amide bonds. The third-order valence-corrected chi connectivity index (χ3v) is 10.7. The van der Waals surface area contributed by atoms with Crippen molar-refractivity contribution in [1.29, 1.82) is 0 Å². The number of likely N-dealkylation sites (N-methyl/N-ethyl adjacent to an activating group) is 1.